The quantitative estimate of drug-likeness (QED) is 0.170. The van der Waals surface area contributed by atoms with Crippen molar-refractivity contribution in [3.05, 3.63) is 23.8 Å². The number of carboxylic acids is 1. The molecule has 0 bridgehead atoms. The minimum Gasteiger partial charge on any atom is -0.481 e. The number of rotatable bonds is 16. The number of carboxylic acid groups (broad SMARTS) is 1. The molecule has 0 amide bonds. The summed E-state index contributed by atoms with van der Waals surface area (Å²) in [5, 5.41) is 40.8. The molecule has 0 fully saturated rings. The van der Waals surface area contributed by atoms with Crippen LogP contribution >= 0.6 is 0 Å². The number of hydrogen-bond donors (Lipinski definition) is 5. The van der Waals surface area contributed by atoms with E-state index in [0.717, 1.165) is 5.57 Å². The van der Waals surface area contributed by atoms with Crippen molar-refractivity contribution in [1.29, 1.82) is 0 Å². The molecule has 6 N–H and O–H groups in total. The second-order valence-electron chi connectivity index (χ2n) is 12.4. The van der Waals surface area contributed by atoms with E-state index in [2.05, 4.69) is 13.0 Å². The Balaban J connectivity index is 1.97. The molecular formula is C31H51NO9. The Bertz CT molecular complexity index is 933. The lowest BCUT2D eigenvalue weighted by Crippen LogP contribution is -2.43. The number of aliphatic hydroxyl groups excluding tert-OH is 3. The second kappa shape index (κ2) is 16.4. The highest BCUT2D eigenvalue weighted by molar-refractivity contribution is 5.72. The lowest BCUT2D eigenvalue weighted by atomic mass is 9.66. The highest BCUT2D eigenvalue weighted by atomic mass is 16.6. The first-order valence-electron chi connectivity index (χ1n) is 15.0. The third-order valence-corrected chi connectivity index (χ3v) is 8.31. The van der Waals surface area contributed by atoms with Crippen LogP contribution in [0.3, 0.4) is 0 Å². The van der Waals surface area contributed by atoms with Crippen molar-refractivity contribution >= 4 is 17.9 Å². The molecule has 2 aliphatic rings. The third kappa shape index (κ3) is 11.1. The SMILES string of the molecule is CC[C@H](C)C(=O)O[C@H]1C[C@H](O)C=C2C=C[C@H](C)[C@H](CC[C@@H](O)C[C@@H](O)CC(=O)O[C@@H](CC(=O)O)[C@@H](N)CC(C)C)[C@H]21. The summed E-state index contributed by atoms with van der Waals surface area (Å²) in [7, 11) is 0. The standard InChI is InChI=1S/C31H51NO9/c1-6-18(4)31(39)41-27-14-22(34)12-20-8-7-19(5)24(30(20)27)10-9-21(33)13-23(35)15-29(38)40-26(16-28(36)37)25(32)11-17(2)3/h7-8,12,17-19,21-27,30,33-35H,6,9-11,13-16,32H2,1-5H3,(H,36,37)/t18-,19-,21+,22+,23+,24-,25-,26-,27-,30-/m0/s1. The average molecular weight is 582 g/mol. The van der Waals surface area contributed by atoms with Crippen LogP contribution in [-0.4, -0.2) is 74.9 Å². The summed E-state index contributed by atoms with van der Waals surface area (Å²) < 4.78 is 11.2. The number of aliphatic hydroxyl groups is 3. The van der Waals surface area contributed by atoms with Crippen LogP contribution in [0.2, 0.25) is 0 Å². The largest absolute Gasteiger partial charge is 0.481 e. The van der Waals surface area contributed by atoms with Crippen LogP contribution in [0, 0.1) is 29.6 Å². The zero-order valence-electron chi connectivity index (χ0n) is 25.1. The number of carbonyl (C=O) groups is 3. The number of aliphatic carboxylic acids is 1. The van der Waals surface area contributed by atoms with Crippen molar-refractivity contribution in [3.8, 4) is 0 Å². The molecule has 2 aliphatic carbocycles. The van der Waals surface area contributed by atoms with Gasteiger partial charge < -0.3 is 35.6 Å². The first-order valence-corrected chi connectivity index (χ1v) is 15.0. The molecule has 0 saturated heterocycles. The fourth-order valence-corrected chi connectivity index (χ4v) is 5.88. The van der Waals surface area contributed by atoms with Crippen LogP contribution in [0.4, 0.5) is 0 Å². The van der Waals surface area contributed by atoms with Gasteiger partial charge in [-0.3, -0.25) is 14.4 Å². The Kier molecular flexibility index (Phi) is 14.0. The van der Waals surface area contributed by atoms with Gasteiger partial charge in [-0.05, 0) is 55.4 Å². The van der Waals surface area contributed by atoms with Crippen molar-refractivity contribution in [3.63, 3.8) is 0 Å². The number of carbonyl (C=O) groups excluding carboxylic acids is 2. The number of allylic oxidation sites excluding steroid dienone is 2. The van der Waals surface area contributed by atoms with Gasteiger partial charge in [0.1, 0.15) is 12.2 Å². The number of esters is 2. The minimum absolute atomic E-state index is 0.0458. The average Bonchev–Trinajstić information content (AvgIpc) is 2.86. The molecule has 0 aliphatic heterocycles. The zero-order chi connectivity index (χ0) is 30.9. The fraction of sp³-hybridized carbons (Fsp3) is 0.774. The number of nitrogens with two attached hydrogens (primary N) is 1. The van der Waals surface area contributed by atoms with E-state index in [9.17, 15) is 34.8 Å². The number of fused-ring (bicyclic) bond motifs is 1. The van der Waals surface area contributed by atoms with E-state index >= 15 is 0 Å². The van der Waals surface area contributed by atoms with E-state index in [1.807, 2.05) is 39.8 Å². The van der Waals surface area contributed by atoms with Crippen molar-refractivity contribution in [2.75, 3.05) is 0 Å². The van der Waals surface area contributed by atoms with E-state index in [1.165, 1.54) is 0 Å². The number of hydrogen-bond acceptors (Lipinski definition) is 9. The van der Waals surface area contributed by atoms with Crippen LogP contribution in [0.15, 0.2) is 23.8 Å². The maximum absolute atomic E-state index is 12.6. The summed E-state index contributed by atoms with van der Waals surface area (Å²) in [6.07, 6.45) is 3.17. The Morgan fingerprint density at radius 2 is 1.78 bits per heavy atom. The first-order chi connectivity index (χ1) is 19.2. The molecule has 0 radical (unpaired) electrons. The summed E-state index contributed by atoms with van der Waals surface area (Å²) in [5.74, 6) is -2.14. The summed E-state index contributed by atoms with van der Waals surface area (Å²) >= 11 is 0. The Hall–Kier alpha value is -2.27. The van der Waals surface area contributed by atoms with Crippen LogP contribution in [0.25, 0.3) is 0 Å². The molecule has 0 aromatic carbocycles. The van der Waals surface area contributed by atoms with Gasteiger partial charge in [-0.15, -0.1) is 0 Å². The molecule has 0 unspecified atom stereocenters. The molecular weight excluding hydrogens is 530 g/mol. The van der Waals surface area contributed by atoms with Gasteiger partial charge in [-0.2, -0.15) is 0 Å². The van der Waals surface area contributed by atoms with Crippen LogP contribution in [0.1, 0.15) is 86.0 Å². The lowest BCUT2D eigenvalue weighted by Gasteiger charge is -2.43. The molecule has 0 aromatic heterocycles. The molecule has 41 heavy (non-hydrogen) atoms. The van der Waals surface area contributed by atoms with Crippen molar-refractivity contribution in [2.24, 2.45) is 35.3 Å². The third-order valence-electron chi connectivity index (χ3n) is 8.31. The van der Waals surface area contributed by atoms with E-state index < -0.39 is 54.9 Å². The van der Waals surface area contributed by atoms with Gasteiger partial charge in [0.2, 0.25) is 0 Å². The van der Waals surface area contributed by atoms with Gasteiger partial charge in [0.05, 0.1) is 37.1 Å². The van der Waals surface area contributed by atoms with E-state index in [4.69, 9.17) is 15.2 Å². The maximum atomic E-state index is 12.6. The number of ether oxygens (including phenoxy) is 2. The predicted octanol–water partition coefficient (Wildman–Crippen LogP) is 3.12. The first kappa shape index (κ1) is 34.9. The Labute approximate surface area is 244 Å². The molecule has 234 valence electrons. The molecule has 0 heterocycles. The van der Waals surface area contributed by atoms with Gasteiger partial charge in [0.25, 0.3) is 0 Å². The van der Waals surface area contributed by atoms with E-state index in [1.54, 1.807) is 0 Å². The fourth-order valence-electron chi connectivity index (χ4n) is 5.88. The van der Waals surface area contributed by atoms with Gasteiger partial charge in [-0.1, -0.05) is 52.8 Å². The summed E-state index contributed by atoms with van der Waals surface area (Å²) in [6.45, 7) is 9.69. The highest BCUT2D eigenvalue weighted by Gasteiger charge is 2.42. The molecule has 10 atom stereocenters. The van der Waals surface area contributed by atoms with Gasteiger partial charge in [0, 0.05) is 18.4 Å². The van der Waals surface area contributed by atoms with Gasteiger partial charge in [0.15, 0.2) is 0 Å². The minimum atomic E-state index is -1.17. The Morgan fingerprint density at radius 3 is 2.39 bits per heavy atom. The normalized spacial score (nSPS) is 27.7. The summed E-state index contributed by atoms with van der Waals surface area (Å²) in [5.41, 5.74) is 7.00. The molecule has 10 nitrogen and oxygen atoms in total. The Morgan fingerprint density at radius 1 is 1.10 bits per heavy atom. The molecule has 0 saturated carbocycles. The smallest absolute Gasteiger partial charge is 0.308 e. The molecule has 0 spiro atoms. The van der Waals surface area contributed by atoms with Crippen LogP contribution < -0.4 is 5.73 Å². The van der Waals surface area contributed by atoms with Crippen LogP contribution in [-0.2, 0) is 23.9 Å². The monoisotopic (exact) mass is 581 g/mol. The second-order valence-corrected chi connectivity index (χ2v) is 12.4. The summed E-state index contributed by atoms with van der Waals surface area (Å²) in [4.78, 5) is 36.3. The predicted molar refractivity (Wildman–Crippen MR) is 153 cm³/mol. The lowest BCUT2D eigenvalue weighted by molar-refractivity contribution is -0.160. The summed E-state index contributed by atoms with van der Waals surface area (Å²) in [6, 6.07) is -0.641. The molecule has 2 rings (SSSR count). The molecule has 0 aromatic rings. The van der Waals surface area contributed by atoms with Crippen molar-refractivity contribution in [1.82, 2.24) is 0 Å². The topological polar surface area (TPSA) is 177 Å². The van der Waals surface area contributed by atoms with E-state index in [0.29, 0.717) is 32.1 Å². The van der Waals surface area contributed by atoms with Crippen LogP contribution in [0.5, 0.6) is 0 Å². The zero-order valence-corrected chi connectivity index (χ0v) is 25.1. The van der Waals surface area contributed by atoms with Gasteiger partial charge in [-0.25, -0.2) is 0 Å². The van der Waals surface area contributed by atoms with E-state index in [-0.39, 0.29) is 48.4 Å². The van der Waals surface area contributed by atoms with Crippen molar-refractivity contribution < 1.29 is 44.3 Å². The highest BCUT2D eigenvalue weighted by Crippen LogP contribution is 2.44. The maximum Gasteiger partial charge on any atom is 0.308 e. The van der Waals surface area contributed by atoms with Gasteiger partial charge >= 0.3 is 17.9 Å². The van der Waals surface area contributed by atoms with Crippen molar-refractivity contribution in [2.45, 2.75) is 123 Å². The molecule has 10 heteroatoms.